The van der Waals surface area contributed by atoms with Crippen LogP contribution in [0.2, 0.25) is 0 Å². The molecule has 0 radical (unpaired) electrons. The average molecular weight is 387 g/mol. The number of rotatable bonds is 6. The van der Waals surface area contributed by atoms with E-state index in [9.17, 15) is 18.0 Å². The van der Waals surface area contributed by atoms with Crippen molar-refractivity contribution in [3.8, 4) is 0 Å². The highest BCUT2D eigenvalue weighted by Gasteiger charge is 2.19. The first kappa shape index (κ1) is 19.3. The molecule has 3 rings (SSSR count). The van der Waals surface area contributed by atoms with Gasteiger partial charge in [-0.05, 0) is 48.4 Å². The number of nitrogens with zero attached hydrogens (tertiary/aromatic N) is 4. The Morgan fingerprint density at radius 3 is 2.43 bits per heavy atom. The Morgan fingerprint density at radius 1 is 1.00 bits per heavy atom. The lowest BCUT2D eigenvalue weighted by Gasteiger charge is -2.17. The maximum Gasteiger partial charge on any atom is 0.259 e. The SMILES string of the molecule is CN(CCc1ccncc1)c1ccc(NC(=O)c2ccc(F)c(F)c2F)nn1. The van der Waals surface area contributed by atoms with Crippen molar-refractivity contribution in [3.05, 3.63) is 77.4 Å². The summed E-state index contributed by atoms with van der Waals surface area (Å²) in [5.74, 6) is -4.95. The molecular weight excluding hydrogens is 371 g/mol. The third-order valence-corrected chi connectivity index (χ3v) is 4.05. The van der Waals surface area contributed by atoms with E-state index in [1.807, 2.05) is 24.1 Å². The van der Waals surface area contributed by atoms with Gasteiger partial charge in [0.2, 0.25) is 0 Å². The van der Waals surface area contributed by atoms with Gasteiger partial charge in [-0.1, -0.05) is 0 Å². The van der Waals surface area contributed by atoms with E-state index in [2.05, 4.69) is 20.5 Å². The molecule has 9 heteroatoms. The molecule has 1 amide bonds. The summed E-state index contributed by atoms with van der Waals surface area (Å²) in [5.41, 5.74) is 0.506. The fourth-order valence-electron chi connectivity index (χ4n) is 2.44. The Morgan fingerprint density at radius 2 is 1.75 bits per heavy atom. The van der Waals surface area contributed by atoms with E-state index >= 15 is 0 Å². The Labute approximate surface area is 159 Å². The van der Waals surface area contributed by atoms with Crippen LogP contribution < -0.4 is 10.2 Å². The number of pyridine rings is 1. The Hall–Kier alpha value is -3.49. The minimum atomic E-state index is -1.70. The average Bonchev–Trinajstić information content (AvgIpc) is 2.71. The summed E-state index contributed by atoms with van der Waals surface area (Å²) in [6.45, 7) is 0.685. The molecule has 0 spiro atoms. The molecule has 0 fully saturated rings. The first-order chi connectivity index (χ1) is 13.5. The van der Waals surface area contributed by atoms with Crippen LogP contribution in [-0.4, -0.2) is 34.7 Å². The second-order valence-corrected chi connectivity index (χ2v) is 5.98. The third kappa shape index (κ3) is 4.43. The summed E-state index contributed by atoms with van der Waals surface area (Å²) in [5, 5.41) is 10.2. The number of nitrogens with one attached hydrogen (secondary N) is 1. The molecule has 144 valence electrons. The lowest BCUT2D eigenvalue weighted by atomic mass is 10.2. The Balaban J connectivity index is 1.62. The molecule has 3 aromatic rings. The number of aromatic nitrogens is 3. The fraction of sp³-hybridized carbons (Fsp3) is 0.158. The van der Waals surface area contributed by atoms with E-state index in [1.165, 1.54) is 6.07 Å². The minimum Gasteiger partial charge on any atom is -0.358 e. The van der Waals surface area contributed by atoms with Crippen molar-refractivity contribution in [2.75, 3.05) is 23.8 Å². The number of amides is 1. The second kappa shape index (κ2) is 8.47. The fourth-order valence-corrected chi connectivity index (χ4v) is 2.44. The molecule has 2 heterocycles. The van der Waals surface area contributed by atoms with Crippen LogP contribution >= 0.6 is 0 Å². The number of anilines is 2. The molecule has 0 atom stereocenters. The highest BCUT2D eigenvalue weighted by atomic mass is 19.2. The van der Waals surface area contributed by atoms with Crippen LogP contribution in [0.4, 0.5) is 24.8 Å². The first-order valence-corrected chi connectivity index (χ1v) is 8.34. The van der Waals surface area contributed by atoms with Gasteiger partial charge in [0.15, 0.2) is 29.1 Å². The summed E-state index contributed by atoms with van der Waals surface area (Å²) in [7, 11) is 1.85. The van der Waals surface area contributed by atoms with Crippen LogP contribution in [0.5, 0.6) is 0 Å². The van der Waals surface area contributed by atoms with Crippen LogP contribution in [0.1, 0.15) is 15.9 Å². The summed E-state index contributed by atoms with van der Waals surface area (Å²) in [6, 6.07) is 8.51. The Bertz CT molecular complexity index is 967. The van der Waals surface area contributed by atoms with Crippen molar-refractivity contribution in [2.24, 2.45) is 0 Å². The molecule has 1 N–H and O–H groups in total. The number of carbonyl (C=O) groups excluding carboxylic acids is 1. The molecule has 0 saturated carbocycles. The van der Waals surface area contributed by atoms with Gasteiger partial charge in [0, 0.05) is 26.0 Å². The van der Waals surface area contributed by atoms with E-state index < -0.39 is 28.9 Å². The van der Waals surface area contributed by atoms with Gasteiger partial charge in [0.25, 0.3) is 5.91 Å². The van der Waals surface area contributed by atoms with Crippen LogP contribution in [0, 0.1) is 17.5 Å². The van der Waals surface area contributed by atoms with Crippen LogP contribution in [-0.2, 0) is 6.42 Å². The summed E-state index contributed by atoms with van der Waals surface area (Å²) < 4.78 is 39.9. The smallest absolute Gasteiger partial charge is 0.259 e. The van der Waals surface area contributed by atoms with Crippen molar-refractivity contribution in [2.45, 2.75) is 6.42 Å². The summed E-state index contributed by atoms with van der Waals surface area (Å²) in [4.78, 5) is 17.9. The van der Waals surface area contributed by atoms with Gasteiger partial charge in [0.05, 0.1) is 5.56 Å². The van der Waals surface area contributed by atoms with E-state index in [1.54, 1.807) is 18.5 Å². The highest BCUT2D eigenvalue weighted by molar-refractivity contribution is 6.03. The lowest BCUT2D eigenvalue weighted by molar-refractivity contribution is 0.102. The largest absolute Gasteiger partial charge is 0.358 e. The molecule has 0 bridgehead atoms. The van der Waals surface area contributed by atoms with E-state index in [4.69, 9.17) is 0 Å². The van der Waals surface area contributed by atoms with E-state index in [0.717, 1.165) is 18.1 Å². The third-order valence-electron chi connectivity index (χ3n) is 4.05. The molecule has 6 nitrogen and oxygen atoms in total. The van der Waals surface area contributed by atoms with Crippen molar-refractivity contribution in [1.29, 1.82) is 0 Å². The molecule has 0 aliphatic carbocycles. The van der Waals surface area contributed by atoms with Crippen LogP contribution in [0.15, 0.2) is 48.8 Å². The van der Waals surface area contributed by atoms with Gasteiger partial charge in [-0.3, -0.25) is 9.78 Å². The maximum absolute atomic E-state index is 13.7. The zero-order valence-electron chi connectivity index (χ0n) is 14.9. The number of hydrogen-bond acceptors (Lipinski definition) is 5. The zero-order chi connectivity index (χ0) is 20.1. The van der Waals surface area contributed by atoms with Gasteiger partial charge in [0.1, 0.15) is 0 Å². The number of benzene rings is 1. The summed E-state index contributed by atoms with van der Waals surface area (Å²) >= 11 is 0. The molecule has 2 aromatic heterocycles. The van der Waals surface area contributed by atoms with Gasteiger partial charge in [-0.15, -0.1) is 10.2 Å². The predicted molar refractivity (Wildman–Crippen MR) is 97.5 cm³/mol. The highest BCUT2D eigenvalue weighted by Crippen LogP contribution is 2.17. The molecule has 0 unspecified atom stereocenters. The molecular formula is C19H16F3N5O. The molecule has 0 aliphatic heterocycles. The lowest BCUT2D eigenvalue weighted by Crippen LogP contribution is -2.22. The number of hydrogen-bond donors (Lipinski definition) is 1. The molecule has 28 heavy (non-hydrogen) atoms. The zero-order valence-corrected chi connectivity index (χ0v) is 14.9. The Kier molecular flexibility index (Phi) is 5.83. The maximum atomic E-state index is 13.7. The van der Waals surface area contributed by atoms with Gasteiger partial charge < -0.3 is 10.2 Å². The van der Waals surface area contributed by atoms with Crippen molar-refractivity contribution in [3.63, 3.8) is 0 Å². The number of carbonyl (C=O) groups is 1. The van der Waals surface area contributed by atoms with Gasteiger partial charge in [-0.25, -0.2) is 13.2 Å². The second-order valence-electron chi connectivity index (χ2n) is 5.98. The molecule has 0 aliphatic rings. The van der Waals surface area contributed by atoms with Crippen molar-refractivity contribution in [1.82, 2.24) is 15.2 Å². The molecule has 0 saturated heterocycles. The quantitative estimate of drug-likeness (QED) is 0.658. The van der Waals surface area contributed by atoms with Crippen molar-refractivity contribution >= 4 is 17.5 Å². The predicted octanol–water partition coefficient (Wildman–Crippen LogP) is 3.22. The first-order valence-electron chi connectivity index (χ1n) is 8.34. The minimum absolute atomic E-state index is 0.0559. The normalized spacial score (nSPS) is 10.6. The topological polar surface area (TPSA) is 71.0 Å². The number of likely N-dealkylation sites (N-methyl/N-ethyl adjacent to an activating group) is 1. The monoisotopic (exact) mass is 387 g/mol. The standard InChI is InChI=1S/C19H16F3N5O/c1-27(11-8-12-6-9-23-10-7-12)16-5-4-15(25-26-16)24-19(28)13-2-3-14(20)18(22)17(13)21/h2-7,9-10H,8,11H2,1H3,(H,24,25,28). The van der Waals surface area contributed by atoms with E-state index in [0.29, 0.717) is 18.4 Å². The van der Waals surface area contributed by atoms with Gasteiger partial charge >= 0.3 is 0 Å². The molecule has 1 aromatic carbocycles. The van der Waals surface area contributed by atoms with Crippen LogP contribution in [0.3, 0.4) is 0 Å². The number of halogens is 3. The van der Waals surface area contributed by atoms with Crippen molar-refractivity contribution < 1.29 is 18.0 Å². The summed E-state index contributed by atoms with van der Waals surface area (Å²) in [6.07, 6.45) is 4.24. The van der Waals surface area contributed by atoms with E-state index in [-0.39, 0.29) is 5.82 Å². The van der Waals surface area contributed by atoms with Crippen LogP contribution in [0.25, 0.3) is 0 Å². The van der Waals surface area contributed by atoms with Gasteiger partial charge in [-0.2, -0.15) is 0 Å².